The number of carboxylic acids is 1. The molecule has 0 saturated heterocycles. The summed E-state index contributed by atoms with van der Waals surface area (Å²) in [6.45, 7) is 1.52. The van der Waals surface area contributed by atoms with Crippen LogP contribution in [0.4, 0.5) is 0 Å². The molecule has 1 aliphatic heterocycles. The van der Waals surface area contributed by atoms with Gasteiger partial charge >= 0.3 is 5.97 Å². The lowest BCUT2D eigenvalue weighted by Crippen LogP contribution is -2.30. The van der Waals surface area contributed by atoms with Crippen molar-refractivity contribution >= 4 is 29.1 Å². The molecule has 0 saturated carbocycles. The van der Waals surface area contributed by atoms with Crippen molar-refractivity contribution < 1.29 is 33.7 Å². The highest BCUT2D eigenvalue weighted by Gasteiger charge is 2.42. The van der Waals surface area contributed by atoms with E-state index in [0.29, 0.717) is 73.4 Å². The number of benzene rings is 1. The number of hydrogen-bond donors (Lipinski definition) is 1. The van der Waals surface area contributed by atoms with Crippen LogP contribution >= 0.6 is 11.6 Å². The number of hydrogen-bond acceptors (Lipinski definition) is 6. The van der Waals surface area contributed by atoms with Crippen LogP contribution in [0.1, 0.15) is 56.9 Å². The Bertz CT molecular complexity index is 979. The van der Waals surface area contributed by atoms with Crippen molar-refractivity contribution in [1.82, 2.24) is 0 Å². The largest absolute Gasteiger partial charge is 0.490 e. The van der Waals surface area contributed by atoms with Gasteiger partial charge in [-0.15, -0.1) is 0 Å². The minimum Gasteiger partial charge on any atom is -0.490 e. The van der Waals surface area contributed by atoms with Crippen LogP contribution in [0.2, 0.25) is 5.02 Å². The monoisotopic (exact) mass is 446 g/mol. The second kappa shape index (κ2) is 8.75. The summed E-state index contributed by atoms with van der Waals surface area (Å²) in [7, 11) is 0. The van der Waals surface area contributed by atoms with Gasteiger partial charge in [0.25, 0.3) is 0 Å². The number of Topliss-reactive ketones (excluding diaryl/α,β-unsaturated/α-hetero) is 2. The van der Waals surface area contributed by atoms with Crippen LogP contribution in [0.25, 0.3) is 0 Å². The molecule has 0 radical (unpaired) electrons. The molecule has 0 bridgehead atoms. The molecule has 164 valence electrons. The third-order valence-electron chi connectivity index (χ3n) is 5.65. The lowest BCUT2D eigenvalue weighted by atomic mass is 9.73. The Kier molecular flexibility index (Phi) is 6.05. The van der Waals surface area contributed by atoms with Crippen LogP contribution in [-0.2, 0) is 19.1 Å². The van der Waals surface area contributed by atoms with E-state index in [1.54, 1.807) is 19.1 Å². The number of carbonyl (C=O) groups excluding carboxylic acids is 2. The van der Waals surface area contributed by atoms with Gasteiger partial charge in [-0.05, 0) is 37.5 Å². The lowest BCUT2D eigenvalue weighted by Gasteiger charge is -2.36. The number of allylic oxidation sites excluding steroid dienone is 4. The minimum absolute atomic E-state index is 0.0311. The SMILES string of the molecule is CCOc1cc(C2C3=C(CCCC3=O)OC3=C2C(=O)CCC3)cc(Cl)c1OCC(=O)O. The molecule has 0 unspecified atom stereocenters. The molecule has 0 spiro atoms. The van der Waals surface area contributed by atoms with Crippen LogP contribution in [0, 0.1) is 0 Å². The van der Waals surface area contributed by atoms with Crippen molar-refractivity contribution in [3.63, 3.8) is 0 Å². The first-order chi connectivity index (χ1) is 14.9. The van der Waals surface area contributed by atoms with Gasteiger partial charge in [0.2, 0.25) is 0 Å². The van der Waals surface area contributed by atoms with Crippen LogP contribution in [0.5, 0.6) is 11.5 Å². The lowest BCUT2D eigenvalue weighted by molar-refractivity contribution is -0.139. The molecule has 4 rings (SSSR count). The smallest absolute Gasteiger partial charge is 0.341 e. The fraction of sp³-hybridized carbons (Fsp3) is 0.435. The van der Waals surface area contributed by atoms with Gasteiger partial charge in [0.05, 0.1) is 11.6 Å². The average Bonchev–Trinajstić information content (AvgIpc) is 2.72. The third-order valence-corrected chi connectivity index (χ3v) is 5.93. The molecular formula is C23H23ClO7. The first-order valence-corrected chi connectivity index (χ1v) is 10.8. The van der Waals surface area contributed by atoms with Crippen LogP contribution in [0.15, 0.2) is 34.8 Å². The van der Waals surface area contributed by atoms with Crippen molar-refractivity contribution in [3.8, 4) is 11.5 Å². The van der Waals surface area contributed by atoms with E-state index in [9.17, 15) is 14.4 Å². The molecule has 0 amide bonds. The number of carbonyl (C=O) groups is 3. The van der Waals surface area contributed by atoms with E-state index in [-0.39, 0.29) is 28.1 Å². The predicted octanol–water partition coefficient (Wildman–Crippen LogP) is 4.33. The number of carboxylic acid groups (broad SMARTS) is 1. The Labute approximate surface area is 184 Å². The van der Waals surface area contributed by atoms with Crippen molar-refractivity contribution in [3.05, 3.63) is 45.4 Å². The zero-order chi connectivity index (χ0) is 22.1. The van der Waals surface area contributed by atoms with E-state index in [0.717, 1.165) is 0 Å². The summed E-state index contributed by atoms with van der Waals surface area (Å²) < 4.78 is 17.1. The summed E-state index contributed by atoms with van der Waals surface area (Å²) in [5, 5.41) is 9.11. The summed E-state index contributed by atoms with van der Waals surface area (Å²) in [6.07, 6.45) is 3.53. The van der Waals surface area contributed by atoms with E-state index in [1.807, 2.05) is 0 Å². The summed E-state index contributed by atoms with van der Waals surface area (Å²) in [6, 6.07) is 3.30. The molecule has 2 aliphatic carbocycles. The number of ether oxygens (including phenoxy) is 3. The number of halogens is 1. The zero-order valence-corrected chi connectivity index (χ0v) is 17.9. The van der Waals surface area contributed by atoms with E-state index in [1.165, 1.54) is 0 Å². The molecule has 1 aromatic carbocycles. The topological polar surface area (TPSA) is 99.1 Å². The van der Waals surface area contributed by atoms with Gasteiger partial charge in [-0.2, -0.15) is 0 Å². The molecule has 0 atom stereocenters. The molecule has 8 heteroatoms. The third kappa shape index (κ3) is 4.06. The van der Waals surface area contributed by atoms with Crippen LogP contribution in [-0.4, -0.2) is 35.9 Å². The number of rotatable bonds is 6. The summed E-state index contributed by atoms with van der Waals surface area (Å²) >= 11 is 6.46. The van der Waals surface area contributed by atoms with Crippen molar-refractivity contribution in [2.45, 2.75) is 51.4 Å². The predicted molar refractivity (Wildman–Crippen MR) is 111 cm³/mol. The summed E-state index contributed by atoms with van der Waals surface area (Å²) in [5.74, 6) is -0.122. The Balaban J connectivity index is 1.86. The van der Waals surface area contributed by atoms with Gasteiger partial charge in [-0.25, -0.2) is 4.79 Å². The first-order valence-electron chi connectivity index (χ1n) is 10.4. The highest BCUT2D eigenvalue weighted by molar-refractivity contribution is 6.32. The Morgan fingerprint density at radius 1 is 1.06 bits per heavy atom. The maximum atomic E-state index is 12.9. The highest BCUT2D eigenvalue weighted by atomic mass is 35.5. The van der Waals surface area contributed by atoms with E-state index in [4.69, 9.17) is 30.9 Å². The molecule has 7 nitrogen and oxygen atoms in total. The summed E-state index contributed by atoms with van der Waals surface area (Å²) in [4.78, 5) is 36.8. The Morgan fingerprint density at radius 2 is 1.68 bits per heavy atom. The van der Waals surface area contributed by atoms with Crippen molar-refractivity contribution in [2.24, 2.45) is 0 Å². The summed E-state index contributed by atoms with van der Waals surface area (Å²) in [5.41, 5.74) is 1.65. The van der Waals surface area contributed by atoms with E-state index >= 15 is 0 Å². The van der Waals surface area contributed by atoms with Gasteiger partial charge in [0, 0.05) is 42.7 Å². The standard InChI is InChI=1S/C23H23ClO7/c1-2-29-18-10-12(9-13(24)23(18)30-11-19(27)28)20-21-14(25)5-3-7-16(21)31-17-8-4-6-15(26)22(17)20/h9-10,20H,2-8,11H2,1H3,(H,27,28). The maximum Gasteiger partial charge on any atom is 0.341 e. The zero-order valence-electron chi connectivity index (χ0n) is 17.2. The van der Waals surface area contributed by atoms with Gasteiger partial charge in [-0.3, -0.25) is 9.59 Å². The molecule has 1 heterocycles. The average molecular weight is 447 g/mol. The highest BCUT2D eigenvalue weighted by Crippen LogP contribution is 2.50. The van der Waals surface area contributed by atoms with E-state index in [2.05, 4.69) is 0 Å². The fourth-order valence-corrected chi connectivity index (χ4v) is 4.72. The number of aliphatic carboxylic acids is 1. The van der Waals surface area contributed by atoms with Gasteiger partial charge in [0.15, 0.2) is 29.7 Å². The molecule has 31 heavy (non-hydrogen) atoms. The van der Waals surface area contributed by atoms with Gasteiger partial charge in [-0.1, -0.05) is 11.6 Å². The van der Waals surface area contributed by atoms with E-state index < -0.39 is 18.5 Å². The second-order valence-corrected chi connectivity index (χ2v) is 8.11. The molecule has 3 aliphatic rings. The Hall–Kier alpha value is -2.80. The van der Waals surface area contributed by atoms with Crippen LogP contribution in [0.3, 0.4) is 0 Å². The molecule has 1 N–H and O–H groups in total. The Morgan fingerprint density at radius 3 is 2.23 bits per heavy atom. The fourth-order valence-electron chi connectivity index (χ4n) is 4.44. The quantitative estimate of drug-likeness (QED) is 0.694. The molecule has 0 fully saturated rings. The van der Waals surface area contributed by atoms with Gasteiger partial charge in [0.1, 0.15) is 11.5 Å². The normalized spacial score (nSPS) is 19.0. The number of ketones is 2. The molecule has 1 aromatic rings. The molecular weight excluding hydrogens is 424 g/mol. The maximum absolute atomic E-state index is 12.9. The first kappa shape index (κ1) is 21.4. The van der Waals surface area contributed by atoms with Gasteiger partial charge < -0.3 is 19.3 Å². The van der Waals surface area contributed by atoms with Crippen molar-refractivity contribution in [2.75, 3.05) is 13.2 Å². The second-order valence-electron chi connectivity index (χ2n) is 7.71. The van der Waals surface area contributed by atoms with Crippen LogP contribution < -0.4 is 9.47 Å². The molecule has 0 aromatic heterocycles. The minimum atomic E-state index is -1.14. The van der Waals surface area contributed by atoms with Crippen molar-refractivity contribution in [1.29, 1.82) is 0 Å².